The van der Waals surface area contributed by atoms with E-state index in [1.807, 2.05) is 13.0 Å². The molecule has 0 radical (unpaired) electrons. The van der Waals surface area contributed by atoms with Gasteiger partial charge >= 0.3 is 0 Å². The lowest BCUT2D eigenvalue weighted by molar-refractivity contribution is 0.152. The number of pyridine rings is 1. The maximum Gasteiger partial charge on any atom is 0.141 e. The molecule has 1 aromatic heterocycles. The molecule has 1 unspecified atom stereocenters. The van der Waals surface area contributed by atoms with Crippen LogP contribution in [-0.2, 0) is 6.42 Å². The van der Waals surface area contributed by atoms with Crippen LogP contribution in [-0.4, -0.2) is 17.1 Å². The fraction of sp³-hybridized carbons (Fsp3) is 0.688. The second kappa shape index (κ2) is 6.90. The lowest BCUT2D eigenvalue weighted by Gasteiger charge is -2.24. The van der Waals surface area contributed by atoms with E-state index in [-0.39, 0.29) is 6.04 Å². The van der Waals surface area contributed by atoms with Crippen molar-refractivity contribution in [2.45, 2.75) is 70.9 Å². The fourth-order valence-corrected chi connectivity index (χ4v) is 2.61. The van der Waals surface area contributed by atoms with Gasteiger partial charge in [-0.15, -0.1) is 0 Å². The van der Waals surface area contributed by atoms with Gasteiger partial charge in [0.25, 0.3) is 0 Å². The number of nitrogens with zero attached hydrogens (tertiary/aromatic N) is 1. The third kappa shape index (κ3) is 4.20. The van der Waals surface area contributed by atoms with Gasteiger partial charge in [0.15, 0.2) is 0 Å². The van der Waals surface area contributed by atoms with Gasteiger partial charge in [0.1, 0.15) is 5.75 Å². The van der Waals surface area contributed by atoms with Crippen molar-refractivity contribution in [3.63, 3.8) is 0 Å². The standard InChI is InChI=1S/C16H26N2O/c1-3-13(17)11-15-16(10-9-12(2)18-15)19-14-7-5-4-6-8-14/h9-10,13-14H,3-8,11,17H2,1-2H3. The molecule has 0 saturated heterocycles. The number of aromatic nitrogens is 1. The smallest absolute Gasteiger partial charge is 0.141 e. The summed E-state index contributed by atoms with van der Waals surface area (Å²) in [5, 5.41) is 0. The molecule has 0 aromatic carbocycles. The van der Waals surface area contributed by atoms with Gasteiger partial charge in [-0.05, 0) is 51.2 Å². The Morgan fingerprint density at radius 2 is 2.05 bits per heavy atom. The van der Waals surface area contributed by atoms with Gasteiger partial charge in [0, 0.05) is 18.2 Å². The lowest BCUT2D eigenvalue weighted by atomic mass is 9.97. The van der Waals surface area contributed by atoms with Gasteiger partial charge < -0.3 is 10.5 Å². The van der Waals surface area contributed by atoms with Crippen LogP contribution in [0.5, 0.6) is 5.75 Å². The Hall–Kier alpha value is -1.09. The number of rotatable bonds is 5. The molecule has 0 amide bonds. The third-order valence-corrected chi connectivity index (χ3v) is 3.90. The molecule has 106 valence electrons. The van der Waals surface area contributed by atoms with Crippen LogP contribution < -0.4 is 10.5 Å². The molecule has 1 heterocycles. The summed E-state index contributed by atoms with van der Waals surface area (Å²) in [6.07, 6.45) is 8.41. The Morgan fingerprint density at radius 3 is 2.74 bits per heavy atom. The maximum atomic E-state index is 6.17. The first-order valence-electron chi connectivity index (χ1n) is 7.57. The molecule has 1 aliphatic carbocycles. The maximum absolute atomic E-state index is 6.17. The summed E-state index contributed by atoms with van der Waals surface area (Å²) in [4.78, 5) is 4.62. The van der Waals surface area contributed by atoms with Gasteiger partial charge in [0.05, 0.1) is 11.8 Å². The minimum absolute atomic E-state index is 0.169. The molecule has 0 aliphatic heterocycles. The number of hydrogen-bond donors (Lipinski definition) is 1. The van der Waals surface area contributed by atoms with E-state index in [1.54, 1.807) is 0 Å². The highest BCUT2D eigenvalue weighted by atomic mass is 16.5. The van der Waals surface area contributed by atoms with Crippen LogP contribution in [0.2, 0.25) is 0 Å². The van der Waals surface area contributed by atoms with Crippen LogP contribution in [0.1, 0.15) is 56.8 Å². The van der Waals surface area contributed by atoms with Crippen molar-refractivity contribution in [1.82, 2.24) is 4.98 Å². The molecule has 2 rings (SSSR count). The number of nitrogens with two attached hydrogens (primary N) is 1. The van der Waals surface area contributed by atoms with Gasteiger partial charge in [0.2, 0.25) is 0 Å². The molecule has 1 aliphatic rings. The Morgan fingerprint density at radius 1 is 1.32 bits per heavy atom. The fourth-order valence-electron chi connectivity index (χ4n) is 2.61. The van der Waals surface area contributed by atoms with Crippen LogP contribution in [0, 0.1) is 6.92 Å². The van der Waals surface area contributed by atoms with Gasteiger partial charge in [-0.1, -0.05) is 13.3 Å². The van der Waals surface area contributed by atoms with Crippen molar-refractivity contribution in [2.75, 3.05) is 0 Å². The van der Waals surface area contributed by atoms with E-state index in [2.05, 4.69) is 18.0 Å². The number of aryl methyl sites for hydroxylation is 1. The second-order valence-corrected chi connectivity index (χ2v) is 5.65. The minimum Gasteiger partial charge on any atom is -0.489 e. The minimum atomic E-state index is 0.169. The summed E-state index contributed by atoms with van der Waals surface area (Å²) in [6, 6.07) is 4.26. The zero-order valence-corrected chi connectivity index (χ0v) is 12.2. The van der Waals surface area contributed by atoms with Crippen molar-refractivity contribution in [3.8, 4) is 5.75 Å². The highest BCUT2D eigenvalue weighted by Crippen LogP contribution is 2.26. The average Bonchev–Trinajstić information content (AvgIpc) is 2.43. The highest BCUT2D eigenvalue weighted by molar-refractivity contribution is 5.30. The van der Waals surface area contributed by atoms with E-state index in [0.29, 0.717) is 6.10 Å². The van der Waals surface area contributed by atoms with Crippen LogP contribution >= 0.6 is 0 Å². The summed E-state index contributed by atoms with van der Waals surface area (Å²) in [5.74, 6) is 0.946. The summed E-state index contributed by atoms with van der Waals surface area (Å²) < 4.78 is 6.17. The largest absolute Gasteiger partial charge is 0.489 e. The Labute approximate surface area is 116 Å². The quantitative estimate of drug-likeness (QED) is 0.885. The zero-order valence-electron chi connectivity index (χ0n) is 12.2. The molecular weight excluding hydrogens is 236 g/mol. The van der Waals surface area contributed by atoms with Crippen molar-refractivity contribution >= 4 is 0 Å². The van der Waals surface area contributed by atoms with Crippen LogP contribution in [0.15, 0.2) is 12.1 Å². The first kappa shape index (κ1) is 14.3. The monoisotopic (exact) mass is 262 g/mol. The average molecular weight is 262 g/mol. The van der Waals surface area contributed by atoms with E-state index < -0.39 is 0 Å². The normalized spacial score (nSPS) is 18.3. The molecule has 19 heavy (non-hydrogen) atoms. The topological polar surface area (TPSA) is 48.1 Å². The van der Waals surface area contributed by atoms with Crippen molar-refractivity contribution < 1.29 is 4.74 Å². The second-order valence-electron chi connectivity index (χ2n) is 5.65. The van der Waals surface area contributed by atoms with Crippen molar-refractivity contribution in [2.24, 2.45) is 5.73 Å². The predicted molar refractivity (Wildman–Crippen MR) is 78.4 cm³/mol. The SMILES string of the molecule is CCC(N)Cc1nc(C)ccc1OC1CCCCC1. The first-order chi connectivity index (χ1) is 9.19. The van der Waals surface area contributed by atoms with Gasteiger partial charge in [-0.3, -0.25) is 4.98 Å². The number of ether oxygens (including phenoxy) is 1. The molecule has 3 heteroatoms. The van der Waals surface area contributed by atoms with E-state index in [0.717, 1.165) is 30.0 Å². The molecule has 3 nitrogen and oxygen atoms in total. The van der Waals surface area contributed by atoms with Crippen LogP contribution in [0.3, 0.4) is 0 Å². The van der Waals surface area contributed by atoms with Crippen molar-refractivity contribution in [1.29, 1.82) is 0 Å². The molecule has 1 aromatic rings. The third-order valence-electron chi connectivity index (χ3n) is 3.90. The lowest BCUT2D eigenvalue weighted by Crippen LogP contribution is -2.24. The molecule has 1 atom stereocenters. The Bertz CT molecular complexity index is 400. The van der Waals surface area contributed by atoms with E-state index in [1.165, 1.54) is 32.1 Å². The number of hydrogen-bond acceptors (Lipinski definition) is 3. The molecule has 0 bridgehead atoms. The van der Waals surface area contributed by atoms with E-state index in [9.17, 15) is 0 Å². The molecule has 1 saturated carbocycles. The van der Waals surface area contributed by atoms with Crippen molar-refractivity contribution in [3.05, 3.63) is 23.5 Å². The summed E-state index contributed by atoms with van der Waals surface area (Å²) in [5.41, 5.74) is 8.13. The van der Waals surface area contributed by atoms with E-state index in [4.69, 9.17) is 10.5 Å². The highest BCUT2D eigenvalue weighted by Gasteiger charge is 2.17. The molecule has 1 fully saturated rings. The molecular formula is C16H26N2O. The Balaban J connectivity index is 2.09. The Kier molecular flexibility index (Phi) is 5.20. The van der Waals surface area contributed by atoms with Crippen LogP contribution in [0.4, 0.5) is 0 Å². The van der Waals surface area contributed by atoms with Crippen LogP contribution in [0.25, 0.3) is 0 Å². The molecule has 2 N–H and O–H groups in total. The first-order valence-corrected chi connectivity index (χ1v) is 7.57. The van der Waals surface area contributed by atoms with E-state index >= 15 is 0 Å². The molecule has 0 spiro atoms. The van der Waals surface area contributed by atoms with Gasteiger partial charge in [-0.2, -0.15) is 0 Å². The summed E-state index contributed by atoms with van der Waals surface area (Å²) >= 11 is 0. The summed E-state index contributed by atoms with van der Waals surface area (Å²) in [7, 11) is 0. The summed E-state index contributed by atoms with van der Waals surface area (Å²) in [6.45, 7) is 4.13. The van der Waals surface area contributed by atoms with Gasteiger partial charge in [-0.25, -0.2) is 0 Å². The predicted octanol–water partition coefficient (Wildman–Crippen LogP) is 3.38. The zero-order chi connectivity index (χ0) is 13.7.